The van der Waals surface area contributed by atoms with Gasteiger partial charge in [0.05, 0.1) is 11.8 Å². The number of halogens is 9. The summed E-state index contributed by atoms with van der Waals surface area (Å²) in [7, 11) is -7.27. The summed E-state index contributed by atoms with van der Waals surface area (Å²) in [6.07, 6.45) is -4.18. The van der Waals surface area contributed by atoms with E-state index in [0.29, 0.717) is 0 Å². The molecule has 0 aliphatic heterocycles. The maximum atomic E-state index is 13.5. The van der Waals surface area contributed by atoms with Gasteiger partial charge in [-0.1, -0.05) is 12.2 Å². The van der Waals surface area contributed by atoms with E-state index in [9.17, 15) is 57.5 Å². The van der Waals surface area contributed by atoms with E-state index in [0.717, 1.165) is 5.48 Å². The van der Waals surface area contributed by atoms with Crippen molar-refractivity contribution in [2.24, 2.45) is 29.4 Å². The lowest BCUT2D eigenvalue weighted by Gasteiger charge is -2.32. The van der Waals surface area contributed by atoms with Gasteiger partial charge in [0, 0.05) is 0 Å². The molecule has 4 atom stereocenters. The largest absolute Gasteiger partial charge is 0.460 e. The molecule has 0 aromatic carbocycles. The van der Waals surface area contributed by atoms with Gasteiger partial charge in [0.2, 0.25) is 11.8 Å². The summed E-state index contributed by atoms with van der Waals surface area (Å²) in [5, 5.41) is -7.12. The van der Waals surface area contributed by atoms with E-state index < -0.39 is 68.9 Å². The summed E-state index contributed by atoms with van der Waals surface area (Å²) in [6, 6.07) is 0. The van der Waals surface area contributed by atoms with Crippen molar-refractivity contribution in [3.8, 4) is 0 Å². The van der Waals surface area contributed by atoms with Gasteiger partial charge in [0.25, 0.3) is 0 Å². The van der Waals surface area contributed by atoms with E-state index in [-0.39, 0.29) is 6.42 Å². The Kier molecular flexibility index (Phi) is 5.65. The number of carbonyl (C=O) groups excluding carboxylic acids is 2. The highest BCUT2D eigenvalue weighted by Gasteiger charge is 2.86. The second kappa shape index (κ2) is 7.00. The van der Waals surface area contributed by atoms with E-state index in [1.54, 1.807) is 0 Å². The van der Waals surface area contributed by atoms with Crippen molar-refractivity contribution in [1.82, 2.24) is 5.48 Å². The second-order valence-corrected chi connectivity index (χ2v) is 8.16. The van der Waals surface area contributed by atoms with Gasteiger partial charge in [-0.3, -0.25) is 9.59 Å². The molecule has 0 saturated heterocycles. The summed E-state index contributed by atoms with van der Waals surface area (Å²) in [4.78, 5) is 23.5. The molecule has 2 amide bonds. The number of rotatable bonds is 7. The van der Waals surface area contributed by atoms with E-state index in [2.05, 4.69) is 4.28 Å². The lowest BCUT2D eigenvalue weighted by Crippen LogP contribution is -2.64. The summed E-state index contributed by atoms with van der Waals surface area (Å²) >= 11 is 0. The van der Waals surface area contributed by atoms with Gasteiger partial charge in [-0.15, -0.1) is 4.28 Å². The highest BCUT2D eigenvalue weighted by atomic mass is 32.2. The van der Waals surface area contributed by atoms with Crippen molar-refractivity contribution in [1.29, 1.82) is 0 Å². The first-order valence-electron chi connectivity index (χ1n) is 7.70. The Morgan fingerprint density at radius 2 is 1.37 bits per heavy atom. The number of fused-ring (bicyclic) bond motifs is 2. The predicted molar refractivity (Wildman–Crippen MR) is 76.0 cm³/mol. The summed E-state index contributed by atoms with van der Waals surface area (Å²) in [6.45, 7) is 0. The number of hydroxylamine groups is 1. The summed E-state index contributed by atoms with van der Waals surface area (Å²) in [5.74, 6) is -21.7. The SMILES string of the molecule is NC(=O)C1C2C=CC(C2)C1C(=O)NOS(=O)(=O)C(F)(F)C(F)(F)C(F)(F)C(F)(F)F. The number of amides is 2. The fraction of sp³-hybridized carbons (Fsp3) is 0.692. The Hall–Kier alpha value is -2.04. The van der Waals surface area contributed by atoms with Crippen molar-refractivity contribution in [2.75, 3.05) is 0 Å². The molecule has 30 heavy (non-hydrogen) atoms. The third-order valence-electron chi connectivity index (χ3n) is 4.77. The number of primary amides is 1. The number of hydrogen-bond donors (Lipinski definition) is 2. The standard InChI is InChI=1S/C13H11F9N2O5S/c14-10(15,12(18,19)20)11(16,17)13(21,22)30(27,28)29-24-9(26)7-5-2-1-4(3-5)6(7)8(23)25/h1-2,4-7H,3H2,(H2,23,25)(H,24,26). The number of nitrogens with two attached hydrogens (primary N) is 1. The van der Waals surface area contributed by atoms with E-state index in [4.69, 9.17) is 5.73 Å². The van der Waals surface area contributed by atoms with Crippen LogP contribution in [0.4, 0.5) is 39.5 Å². The van der Waals surface area contributed by atoms with Crippen LogP contribution in [0.2, 0.25) is 0 Å². The zero-order chi connectivity index (χ0) is 23.5. The van der Waals surface area contributed by atoms with Crippen molar-refractivity contribution in [3.05, 3.63) is 12.2 Å². The molecule has 0 heterocycles. The maximum absolute atomic E-state index is 13.5. The van der Waals surface area contributed by atoms with E-state index in [1.807, 2.05) is 0 Å². The highest BCUT2D eigenvalue weighted by molar-refractivity contribution is 7.87. The minimum absolute atomic E-state index is 0.171. The number of hydrogen-bond acceptors (Lipinski definition) is 5. The second-order valence-electron chi connectivity index (χ2n) is 6.57. The molecule has 2 aliphatic rings. The average molecular weight is 478 g/mol. The molecule has 7 nitrogen and oxygen atoms in total. The van der Waals surface area contributed by atoms with Crippen LogP contribution in [-0.4, -0.2) is 43.5 Å². The van der Waals surface area contributed by atoms with Crippen LogP contribution in [0.1, 0.15) is 6.42 Å². The number of nitrogens with one attached hydrogen (secondary N) is 1. The Morgan fingerprint density at radius 3 is 1.80 bits per heavy atom. The van der Waals surface area contributed by atoms with E-state index >= 15 is 0 Å². The molecule has 1 saturated carbocycles. The van der Waals surface area contributed by atoms with Crippen LogP contribution in [0.5, 0.6) is 0 Å². The molecule has 0 spiro atoms. The normalized spacial score (nSPS) is 27.4. The van der Waals surface area contributed by atoms with Crippen LogP contribution in [0, 0.1) is 23.7 Å². The van der Waals surface area contributed by atoms with Crippen LogP contribution in [-0.2, 0) is 24.0 Å². The lowest BCUT2D eigenvalue weighted by atomic mass is 9.82. The molecular formula is C13H11F9N2O5S. The summed E-state index contributed by atoms with van der Waals surface area (Å²) < 4.78 is 141. The molecule has 0 aromatic heterocycles. The van der Waals surface area contributed by atoms with Crippen LogP contribution >= 0.6 is 0 Å². The molecule has 17 heteroatoms. The van der Waals surface area contributed by atoms with E-state index in [1.165, 1.54) is 12.2 Å². The maximum Gasteiger partial charge on any atom is 0.460 e. The first kappa shape index (κ1) is 24.2. The van der Waals surface area contributed by atoms with Crippen LogP contribution in [0.15, 0.2) is 12.2 Å². The molecule has 3 N–H and O–H groups in total. The minimum atomic E-state index is -7.51. The van der Waals surface area contributed by atoms with Crippen molar-refractivity contribution < 1.29 is 61.8 Å². The molecule has 2 aliphatic carbocycles. The quantitative estimate of drug-likeness (QED) is 0.329. The minimum Gasteiger partial charge on any atom is -0.369 e. The van der Waals surface area contributed by atoms with Crippen molar-refractivity contribution in [3.63, 3.8) is 0 Å². The summed E-state index contributed by atoms with van der Waals surface area (Å²) in [5.41, 5.74) is 5.88. The Labute approximate surface area is 161 Å². The van der Waals surface area contributed by atoms with Crippen LogP contribution < -0.4 is 11.2 Å². The number of allylic oxidation sites excluding steroid dienone is 2. The molecule has 0 radical (unpaired) electrons. The highest BCUT2D eigenvalue weighted by Crippen LogP contribution is 2.55. The topological polar surface area (TPSA) is 116 Å². The molecule has 0 aromatic rings. The van der Waals surface area contributed by atoms with Crippen LogP contribution in [0.25, 0.3) is 0 Å². The predicted octanol–water partition coefficient (Wildman–Crippen LogP) is 1.71. The van der Waals surface area contributed by atoms with Gasteiger partial charge in [-0.2, -0.15) is 47.9 Å². The van der Waals surface area contributed by atoms with Gasteiger partial charge in [0.15, 0.2) is 0 Å². The van der Waals surface area contributed by atoms with Gasteiger partial charge in [0.1, 0.15) is 0 Å². The fourth-order valence-corrected chi connectivity index (χ4v) is 4.04. The monoisotopic (exact) mass is 478 g/mol. The Bertz CT molecular complexity index is 871. The van der Waals surface area contributed by atoms with Gasteiger partial charge in [-0.05, 0) is 18.3 Å². The smallest absolute Gasteiger partial charge is 0.369 e. The Morgan fingerprint density at radius 1 is 0.900 bits per heavy atom. The Balaban J connectivity index is 2.23. The van der Waals surface area contributed by atoms with Crippen molar-refractivity contribution >= 4 is 21.9 Å². The van der Waals surface area contributed by atoms with Crippen molar-refractivity contribution in [2.45, 2.75) is 29.7 Å². The first-order valence-corrected chi connectivity index (χ1v) is 9.11. The number of alkyl halides is 9. The molecule has 1 fully saturated rings. The molecule has 4 unspecified atom stereocenters. The number of carbonyl (C=O) groups is 2. The fourth-order valence-electron chi connectivity index (χ4n) is 3.30. The molecule has 2 bridgehead atoms. The third kappa shape index (κ3) is 3.40. The average Bonchev–Trinajstić information content (AvgIpc) is 3.19. The molecular weight excluding hydrogens is 467 g/mol. The third-order valence-corrected chi connectivity index (χ3v) is 5.96. The van der Waals surface area contributed by atoms with Gasteiger partial charge >= 0.3 is 33.4 Å². The molecule has 172 valence electrons. The van der Waals surface area contributed by atoms with Gasteiger partial charge in [-0.25, -0.2) is 5.48 Å². The zero-order valence-corrected chi connectivity index (χ0v) is 14.9. The molecule has 2 rings (SSSR count). The van der Waals surface area contributed by atoms with Crippen LogP contribution in [0.3, 0.4) is 0 Å². The zero-order valence-electron chi connectivity index (χ0n) is 14.1. The van der Waals surface area contributed by atoms with Gasteiger partial charge < -0.3 is 5.73 Å². The first-order chi connectivity index (χ1) is 13.3. The lowest BCUT2D eigenvalue weighted by molar-refractivity contribution is -0.382.